The maximum atomic E-state index is 10.3. The van der Waals surface area contributed by atoms with E-state index in [2.05, 4.69) is 38.1 Å². The van der Waals surface area contributed by atoms with Gasteiger partial charge in [0.25, 0.3) is 0 Å². The molecule has 1 unspecified atom stereocenters. The summed E-state index contributed by atoms with van der Waals surface area (Å²) >= 11 is 0. The Morgan fingerprint density at radius 2 is 1.71 bits per heavy atom. The lowest BCUT2D eigenvalue weighted by molar-refractivity contribution is -0.147. The maximum absolute atomic E-state index is 10.3. The minimum absolute atomic E-state index is 0.132. The highest BCUT2D eigenvalue weighted by molar-refractivity contribution is 5.66. The van der Waals surface area contributed by atoms with E-state index in [4.69, 9.17) is 9.47 Å². The predicted molar refractivity (Wildman–Crippen MR) is 69.0 cm³/mol. The molecule has 1 aromatic rings. The number of aryl methyl sites for hydroxylation is 2. The molecule has 17 heavy (non-hydrogen) atoms. The fourth-order valence-corrected chi connectivity index (χ4v) is 1.21. The van der Waals surface area contributed by atoms with Crippen LogP contribution in [0.15, 0.2) is 24.3 Å². The molecule has 0 saturated heterocycles. The Balaban J connectivity index is 0.000000302. The van der Waals surface area contributed by atoms with Crippen molar-refractivity contribution in [2.75, 3.05) is 13.7 Å². The van der Waals surface area contributed by atoms with Gasteiger partial charge in [-0.05, 0) is 31.9 Å². The van der Waals surface area contributed by atoms with E-state index in [-0.39, 0.29) is 12.1 Å². The van der Waals surface area contributed by atoms with Crippen molar-refractivity contribution in [3.05, 3.63) is 35.4 Å². The third-order valence-electron chi connectivity index (χ3n) is 2.19. The molecule has 3 heteroatoms. The number of methoxy groups -OCH3 is 1. The lowest BCUT2D eigenvalue weighted by Gasteiger charge is -2.08. The van der Waals surface area contributed by atoms with Gasteiger partial charge < -0.3 is 9.47 Å². The Morgan fingerprint density at radius 3 is 2.00 bits per heavy atom. The first-order valence-electron chi connectivity index (χ1n) is 5.65. The Bertz CT molecular complexity index is 313. The summed E-state index contributed by atoms with van der Waals surface area (Å²) in [5, 5.41) is 0. The van der Waals surface area contributed by atoms with E-state index in [0.717, 1.165) is 0 Å². The summed E-state index contributed by atoms with van der Waals surface area (Å²) in [5.74, 6) is -0.264. The van der Waals surface area contributed by atoms with Gasteiger partial charge in [0.05, 0.1) is 6.61 Å². The maximum Gasteiger partial charge on any atom is 0.302 e. The smallest absolute Gasteiger partial charge is 0.302 e. The highest BCUT2D eigenvalue weighted by Gasteiger charge is 2.02. The molecular formula is C14H22O3. The van der Waals surface area contributed by atoms with Crippen molar-refractivity contribution in [1.82, 2.24) is 0 Å². The molecule has 0 bridgehead atoms. The van der Waals surface area contributed by atoms with Crippen LogP contribution in [0.4, 0.5) is 0 Å². The molecule has 0 aliphatic carbocycles. The largest absolute Gasteiger partial charge is 0.460 e. The lowest BCUT2D eigenvalue weighted by Crippen LogP contribution is -2.17. The molecule has 0 amide bonds. The van der Waals surface area contributed by atoms with Crippen LogP contribution in [0.2, 0.25) is 0 Å². The van der Waals surface area contributed by atoms with E-state index in [0.29, 0.717) is 6.61 Å². The molecule has 3 nitrogen and oxygen atoms in total. The molecular weight excluding hydrogens is 216 g/mol. The number of rotatable bonds is 3. The minimum atomic E-state index is -0.264. The molecule has 0 heterocycles. The number of benzene rings is 1. The normalized spacial score (nSPS) is 11.1. The highest BCUT2D eigenvalue weighted by atomic mass is 16.6. The van der Waals surface area contributed by atoms with Crippen molar-refractivity contribution < 1.29 is 14.3 Å². The second-order valence-corrected chi connectivity index (χ2v) is 3.96. The third kappa shape index (κ3) is 8.46. The SMILES string of the molecule is COCC(C)OC(C)=O.Cc1ccccc1C. The van der Waals surface area contributed by atoms with Gasteiger partial charge in [0.2, 0.25) is 0 Å². The summed E-state index contributed by atoms with van der Waals surface area (Å²) in [6, 6.07) is 8.36. The van der Waals surface area contributed by atoms with Crippen molar-refractivity contribution in [2.24, 2.45) is 0 Å². The quantitative estimate of drug-likeness (QED) is 0.760. The van der Waals surface area contributed by atoms with Crippen molar-refractivity contribution >= 4 is 5.97 Å². The third-order valence-corrected chi connectivity index (χ3v) is 2.19. The Kier molecular flexibility index (Phi) is 8.07. The van der Waals surface area contributed by atoms with Gasteiger partial charge in [-0.25, -0.2) is 0 Å². The van der Waals surface area contributed by atoms with E-state index in [1.807, 2.05) is 0 Å². The average molecular weight is 238 g/mol. The summed E-state index contributed by atoms with van der Waals surface area (Å²) in [7, 11) is 1.57. The van der Waals surface area contributed by atoms with E-state index < -0.39 is 0 Å². The lowest BCUT2D eigenvalue weighted by atomic mass is 10.1. The van der Waals surface area contributed by atoms with Crippen LogP contribution in [0.5, 0.6) is 0 Å². The second-order valence-electron chi connectivity index (χ2n) is 3.96. The Hall–Kier alpha value is -1.35. The van der Waals surface area contributed by atoms with Crippen LogP contribution in [0.1, 0.15) is 25.0 Å². The molecule has 0 spiro atoms. The molecule has 0 saturated carbocycles. The molecule has 0 radical (unpaired) electrons. The van der Waals surface area contributed by atoms with Gasteiger partial charge in [-0.1, -0.05) is 24.3 Å². The van der Waals surface area contributed by atoms with Gasteiger partial charge in [-0.2, -0.15) is 0 Å². The van der Waals surface area contributed by atoms with E-state index in [9.17, 15) is 4.79 Å². The Labute approximate surface area is 104 Å². The van der Waals surface area contributed by atoms with Gasteiger partial charge in [0.1, 0.15) is 6.10 Å². The second kappa shape index (κ2) is 8.76. The number of hydrogen-bond acceptors (Lipinski definition) is 3. The zero-order valence-electron chi connectivity index (χ0n) is 11.3. The van der Waals surface area contributed by atoms with Crippen LogP contribution < -0.4 is 0 Å². The topological polar surface area (TPSA) is 35.5 Å². The standard InChI is InChI=1S/C8H10.C6H12O3/c1-7-5-3-4-6-8(7)2;1-5(4-8-3)9-6(2)7/h3-6H,1-2H3;5H,4H2,1-3H3. The van der Waals surface area contributed by atoms with Crippen LogP contribution in [0, 0.1) is 13.8 Å². The average Bonchev–Trinajstić information content (AvgIpc) is 2.22. The highest BCUT2D eigenvalue weighted by Crippen LogP contribution is 2.02. The summed E-state index contributed by atoms with van der Waals surface area (Å²) < 4.78 is 9.45. The number of ether oxygens (including phenoxy) is 2. The zero-order valence-corrected chi connectivity index (χ0v) is 11.3. The van der Waals surface area contributed by atoms with Crippen molar-refractivity contribution in [3.8, 4) is 0 Å². The minimum Gasteiger partial charge on any atom is -0.460 e. The molecule has 0 aromatic heterocycles. The molecule has 0 N–H and O–H groups in total. The van der Waals surface area contributed by atoms with Crippen LogP contribution in [0.3, 0.4) is 0 Å². The Morgan fingerprint density at radius 1 is 1.24 bits per heavy atom. The van der Waals surface area contributed by atoms with Crippen molar-refractivity contribution in [2.45, 2.75) is 33.8 Å². The molecule has 1 rings (SSSR count). The van der Waals surface area contributed by atoms with Gasteiger partial charge in [-0.15, -0.1) is 0 Å². The molecule has 1 atom stereocenters. The van der Waals surface area contributed by atoms with Gasteiger partial charge in [0, 0.05) is 14.0 Å². The molecule has 96 valence electrons. The molecule has 0 aliphatic heterocycles. The summed E-state index contributed by atoms with van der Waals surface area (Å²) in [5.41, 5.74) is 2.74. The number of carbonyl (C=O) groups excluding carboxylic acids is 1. The molecule has 0 aliphatic rings. The number of esters is 1. The van der Waals surface area contributed by atoms with Gasteiger partial charge in [-0.3, -0.25) is 4.79 Å². The fraction of sp³-hybridized carbons (Fsp3) is 0.500. The monoisotopic (exact) mass is 238 g/mol. The first kappa shape index (κ1) is 15.7. The predicted octanol–water partition coefficient (Wildman–Crippen LogP) is 2.89. The van der Waals surface area contributed by atoms with Crippen LogP contribution in [0.25, 0.3) is 0 Å². The van der Waals surface area contributed by atoms with E-state index in [1.165, 1.54) is 18.1 Å². The summed E-state index contributed by atoms with van der Waals surface area (Å²) in [6.45, 7) is 7.86. The van der Waals surface area contributed by atoms with Crippen molar-refractivity contribution in [3.63, 3.8) is 0 Å². The van der Waals surface area contributed by atoms with Crippen LogP contribution >= 0.6 is 0 Å². The number of hydrogen-bond donors (Lipinski definition) is 0. The first-order valence-corrected chi connectivity index (χ1v) is 5.65. The van der Waals surface area contributed by atoms with Gasteiger partial charge in [0.15, 0.2) is 0 Å². The fourth-order valence-electron chi connectivity index (χ4n) is 1.21. The molecule has 0 fully saturated rings. The number of carbonyl (C=O) groups is 1. The van der Waals surface area contributed by atoms with Crippen molar-refractivity contribution in [1.29, 1.82) is 0 Å². The zero-order chi connectivity index (χ0) is 13.3. The summed E-state index contributed by atoms with van der Waals surface area (Å²) in [4.78, 5) is 10.3. The van der Waals surface area contributed by atoms with E-state index in [1.54, 1.807) is 14.0 Å². The summed E-state index contributed by atoms with van der Waals surface area (Å²) in [6.07, 6.45) is -0.132. The van der Waals surface area contributed by atoms with Crippen LogP contribution in [-0.4, -0.2) is 25.8 Å². The van der Waals surface area contributed by atoms with Crippen LogP contribution in [-0.2, 0) is 14.3 Å². The first-order chi connectivity index (χ1) is 7.97. The van der Waals surface area contributed by atoms with Gasteiger partial charge >= 0.3 is 5.97 Å². The van der Waals surface area contributed by atoms with E-state index >= 15 is 0 Å². The molecule has 1 aromatic carbocycles.